The van der Waals surface area contributed by atoms with E-state index in [1.165, 1.54) is 0 Å². The maximum absolute atomic E-state index is 5.25. The molecule has 0 fully saturated rings. The fraction of sp³-hybridized carbons (Fsp3) is 0. The van der Waals surface area contributed by atoms with Gasteiger partial charge in [0.1, 0.15) is 0 Å². The van der Waals surface area contributed by atoms with Crippen molar-refractivity contribution in [3.63, 3.8) is 0 Å². The van der Waals surface area contributed by atoms with Gasteiger partial charge in [-0.05, 0) is 0 Å². The molecule has 0 aliphatic rings. The second kappa shape index (κ2) is 2.76. The quantitative estimate of drug-likeness (QED) is 0.369. The molecule has 0 aliphatic heterocycles. The number of hydrogen-bond donors (Lipinski definition) is 0. The van der Waals surface area contributed by atoms with Gasteiger partial charge in [0.2, 0.25) is 0 Å². The highest BCUT2D eigenvalue weighted by molar-refractivity contribution is 7.36. The van der Waals surface area contributed by atoms with Crippen molar-refractivity contribution < 1.29 is 0 Å². The maximum atomic E-state index is 5.25. The van der Waals surface area contributed by atoms with Crippen molar-refractivity contribution in [2.75, 3.05) is 0 Å². The Morgan fingerprint density at radius 3 is 1.80 bits per heavy atom. The van der Waals surface area contributed by atoms with E-state index in [1.807, 2.05) is 0 Å². The van der Waals surface area contributed by atoms with E-state index in [2.05, 4.69) is 6.58 Å². The molecule has 0 N–H and O–H groups in total. The van der Waals surface area contributed by atoms with Gasteiger partial charge in [0.15, 0.2) is 0 Å². The summed E-state index contributed by atoms with van der Waals surface area (Å²) < 4.78 is 0. The van der Waals surface area contributed by atoms with E-state index in [4.69, 9.17) is 22.2 Å². The number of rotatable bonds is 1. The Bertz CT molecular complexity index is 34.6. The maximum Gasteiger partial charge on any atom is 0.259 e. The highest BCUT2D eigenvalue weighted by Crippen LogP contribution is 1.92. The molecule has 0 saturated heterocycles. The lowest BCUT2D eigenvalue weighted by Gasteiger charge is -1.74. The zero-order valence-corrected chi connectivity index (χ0v) is 5.28. The molecular weight excluding hydrogens is 123 g/mol. The number of halogens is 2. The van der Waals surface area contributed by atoms with Crippen molar-refractivity contribution in [3.8, 4) is 0 Å². The summed E-state index contributed by atoms with van der Waals surface area (Å²) >= 11 is 10.5. The molecule has 5 heavy (non-hydrogen) atoms. The second-order valence-electron chi connectivity index (χ2n) is 0.570. The summed E-state index contributed by atoms with van der Waals surface area (Å²) in [6.45, 7) is 3.36. The zero-order valence-electron chi connectivity index (χ0n) is 2.62. The molecule has 0 rings (SSSR count). The third-order valence-electron chi connectivity index (χ3n) is 0.178. The summed E-state index contributed by atoms with van der Waals surface area (Å²) in [6.07, 6.45) is 0. The minimum absolute atomic E-state index is 1.44. The Morgan fingerprint density at radius 2 is 1.80 bits per heavy atom. The Morgan fingerprint density at radius 1 is 1.60 bits per heavy atom. The molecule has 0 amide bonds. The Labute approximate surface area is 42.4 Å². The summed E-state index contributed by atoms with van der Waals surface area (Å²) in [4.78, 5) is 0. The van der Waals surface area contributed by atoms with E-state index >= 15 is 0 Å². The average molecular weight is 127 g/mol. The second-order valence-corrected chi connectivity index (χ2v) is 5.20. The van der Waals surface area contributed by atoms with E-state index in [1.54, 1.807) is 5.70 Å². The van der Waals surface area contributed by atoms with Crippen molar-refractivity contribution in [2.24, 2.45) is 0 Å². The normalized spacial score (nSPS) is 8.60. The molecule has 30 valence electrons. The first kappa shape index (κ1) is 5.54. The largest absolute Gasteiger partial charge is 0.259 e. The van der Waals surface area contributed by atoms with Crippen LogP contribution >= 0.6 is 22.2 Å². The molecule has 0 atom stereocenters. The molecule has 0 aromatic heterocycles. The molecule has 0 unspecified atom stereocenters. The van der Waals surface area contributed by atoms with Crippen LogP contribution in [0.15, 0.2) is 12.3 Å². The molecule has 3 heteroatoms. The lowest BCUT2D eigenvalue weighted by molar-refractivity contribution is 2.58. The van der Waals surface area contributed by atoms with Crippen LogP contribution in [0.1, 0.15) is 0 Å². The van der Waals surface area contributed by atoms with Gasteiger partial charge in [-0.25, -0.2) is 0 Å². The summed E-state index contributed by atoms with van der Waals surface area (Å²) in [5, 5.41) is 0. The van der Waals surface area contributed by atoms with Gasteiger partial charge in [-0.3, -0.25) is 0 Å². The van der Waals surface area contributed by atoms with E-state index in [0.29, 0.717) is 0 Å². The van der Waals surface area contributed by atoms with Crippen LogP contribution in [0, 0.1) is 0 Å². The Balaban J connectivity index is 2.83. The van der Waals surface area contributed by atoms with Crippen molar-refractivity contribution in [1.82, 2.24) is 0 Å². The highest BCUT2D eigenvalue weighted by Gasteiger charge is 1.86. The van der Waals surface area contributed by atoms with Gasteiger partial charge >= 0.3 is 0 Å². The average Bonchev–Trinajstić information content (AvgIpc) is 1.38. The Hall–Kier alpha value is 0.537. The van der Waals surface area contributed by atoms with Crippen LogP contribution in [0.4, 0.5) is 0 Å². The summed E-state index contributed by atoms with van der Waals surface area (Å²) in [7, 11) is -1.44. The van der Waals surface area contributed by atoms with E-state index in [0.717, 1.165) is 0 Å². The summed E-state index contributed by atoms with van der Waals surface area (Å²) in [6, 6.07) is 0. The minimum atomic E-state index is -1.44. The first-order chi connectivity index (χ1) is 2.27. The monoisotopic (exact) mass is 126 g/mol. The van der Waals surface area contributed by atoms with Crippen LogP contribution in [0.5, 0.6) is 0 Å². The fourth-order valence-electron chi connectivity index (χ4n) is 0. The van der Waals surface area contributed by atoms with E-state index in [-0.39, 0.29) is 0 Å². The molecule has 0 bridgehead atoms. The van der Waals surface area contributed by atoms with Gasteiger partial charge in [0.25, 0.3) is 7.42 Å². The van der Waals surface area contributed by atoms with E-state index < -0.39 is 7.42 Å². The molecule has 0 aromatic rings. The van der Waals surface area contributed by atoms with Crippen LogP contribution in [-0.4, -0.2) is 7.42 Å². The first-order valence-corrected chi connectivity index (χ1v) is 5.34. The summed E-state index contributed by atoms with van der Waals surface area (Å²) in [5.41, 5.74) is 1.59. The van der Waals surface area contributed by atoms with Crippen molar-refractivity contribution in [3.05, 3.63) is 12.3 Å². The van der Waals surface area contributed by atoms with Gasteiger partial charge in [-0.15, -0.1) is 28.7 Å². The van der Waals surface area contributed by atoms with Gasteiger partial charge in [0, 0.05) is 0 Å². The third-order valence-corrected chi connectivity index (χ3v) is 1.60. The van der Waals surface area contributed by atoms with Crippen LogP contribution < -0.4 is 0 Å². The van der Waals surface area contributed by atoms with E-state index in [9.17, 15) is 0 Å². The lowest BCUT2D eigenvalue weighted by atomic mass is 11.3. The van der Waals surface area contributed by atoms with Gasteiger partial charge in [0.05, 0.1) is 0 Å². The van der Waals surface area contributed by atoms with Crippen molar-refractivity contribution >= 4 is 29.6 Å². The molecule has 0 aliphatic carbocycles. The molecule has 0 spiro atoms. The van der Waals surface area contributed by atoms with Crippen LogP contribution in [0.3, 0.4) is 0 Å². The van der Waals surface area contributed by atoms with Crippen LogP contribution in [0.2, 0.25) is 0 Å². The smallest absolute Gasteiger partial charge is 0.145 e. The fourth-order valence-corrected chi connectivity index (χ4v) is 0. The highest BCUT2D eigenvalue weighted by atomic mass is 35.7. The van der Waals surface area contributed by atoms with Crippen molar-refractivity contribution in [1.29, 1.82) is 0 Å². The molecule has 0 aromatic carbocycles. The van der Waals surface area contributed by atoms with Crippen molar-refractivity contribution in [2.45, 2.75) is 0 Å². The third kappa shape index (κ3) is 4.54. The van der Waals surface area contributed by atoms with Gasteiger partial charge in [-0.1, -0.05) is 5.70 Å². The standard InChI is InChI=1S/C2H4Cl2Si/c1-2-5(3)4/h2,5H,1H2. The zero-order chi connectivity index (χ0) is 4.28. The molecular formula is C2H4Cl2Si. The lowest BCUT2D eigenvalue weighted by Crippen LogP contribution is -1.78. The van der Waals surface area contributed by atoms with Gasteiger partial charge < -0.3 is 0 Å². The topological polar surface area (TPSA) is 0 Å². The predicted octanol–water partition coefficient (Wildman–Crippen LogP) is 1.41. The minimum Gasteiger partial charge on any atom is -0.145 e. The van der Waals surface area contributed by atoms with Gasteiger partial charge in [-0.2, -0.15) is 0 Å². The SMILES string of the molecule is C=C[SiH](Cl)Cl. The molecule has 0 saturated carbocycles. The van der Waals surface area contributed by atoms with Crippen LogP contribution in [0.25, 0.3) is 0 Å². The summed E-state index contributed by atoms with van der Waals surface area (Å²) in [5.74, 6) is 0. The number of hydrogen-bond acceptors (Lipinski definition) is 0. The molecule has 0 nitrogen and oxygen atoms in total. The molecule has 0 heterocycles. The van der Waals surface area contributed by atoms with Crippen LogP contribution in [-0.2, 0) is 0 Å². The Kier molecular flexibility index (Phi) is 3.05. The molecule has 0 radical (unpaired) electrons. The first-order valence-electron chi connectivity index (χ1n) is 1.18. The predicted molar refractivity (Wildman–Crippen MR) is 29.1 cm³/mol.